The largest absolute Gasteiger partial charge is 0.465 e. The van der Waals surface area contributed by atoms with E-state index < -0.39 is 82.3 Å². The summed E-state index contributed by atoms with van der Waals surface area (Å²) in [6.07, 6.45) is -2.95. The number of esters is 4. The predicted octanol–water partition coefficient (Wildman–Crippen LogP) is 2.02. The molecule has 226 valence electrons. The van der Waals surface area contributed by atoms with Crippen LogP contribution in [0.5, 0.6) is 0 Å². The second-order valence-electron chi connectivity index (χ2n) is 12.8. The molecule has 0 spiro atoms. The van der Waals surface area contributed by atoms with E-state index in [1.54, 1.807) is 51.1 Å². The summed E-state index contributed by atoms with van der Waals surface area (Å²) in [4.78, 5) is 53.0. The highest BCUT2D eigenvalue weighted by Gasteiger charge is 2.88. The molecular weight excluding hydrogens is 548 g/mol. The molecule has 2 saturated carbocycles. The van der Waals surface area contributed by atoms with E-state index in [0.29, 0.717) is 24.0 Å². The van der Waals surface area contributed by atoms with Gasteiger partial charge in [-0.1, -0.05) is 23.8 Å². The quantitative estimate of drug-likeness (QED) is 0.297. The molecule has 42 heavy (non-hydrogen) atoms. The van der Waals surface area contributed by atoms with Crippen LogP contribution in [0.3, 0.4) is 0 Å². The first-order chi connectivity index (χ1) is 19.7. The molecule has 4 fully saturated rings. The number of aliphatic hydroxyl groups excluding tert-OH is 1. The number of hydrogen-bond donors (Lipinski definition) is 2. The Morgan fingerprint density at radius 3 is 2.38 bits per heavy atom. The molecular formula is C31H36O11. The number of benzene rings is 1. The summed E-state index contributed by atoms with van der Waals surface area (Å²) in [5, 5.41) is 24.9. The van der Waals surface area contributed by atoms with Gasteiger partial charge in [0.2, 0.25) is 0 Å². The number of allylic oxidation sites excluding steroid dienone is 1. The van der Waals surface area contributed by atoms with Crippen LogP contribution in [0.15, 0.2) is 41.5 Å². The first-order valence-electron chi connectivity index (χ1n) is 14.2. The fraction of sp³-hybridized carbons (Fsp3) is 0.613. The minimum absolute atomic E-state index is 0.143. The van der Waals surface area contributed by atoms with Gasteiger partial charge < -0.3 is 33.9 Å². The van der Waals surface area contributed by atoms with E-state index in [0.717, 1.165) is 0 Å². The second kappa shape index (κ2) is 9.11. The van der Waals surface area contributed by atoms with Crippen molar-refractivity contribution in [1.29, 1.82) is 0 Å². The molecule has 11 heteroatoms. The summed E-state index contributed by atoms with van der Waals surface area (Å²) in [6, 6.07) is 8.34. The van der Waals surface area contributed by atoms with Crippen molar-refractivity contribution < 1.29 is 53.1 Å². The summed E-state index contributed by atoms with van der Waals surface area (Å²) in [5.41, 5.74) is -7.42. The minimum atomic E-state index is -2.51. The molecule has 1 aromatic carbocycles. The number of cyclic esters (lactones) is 1. The molecule has 6 rings (SSSR count). The Morgan fingerprint density at radius 2 is 1.79 bits per heavy atom. The van der Waals surface area contributed by atoms with Crippen LogP contribution < -0.4 is 0 Å². The molecule has 2 bridgehead atoms. The summed E-state index contributed by atoms with van der Waals surface area (Å²) >= 11 is 0. The lowest BCUT2D eigenvalue weighted by atomic mass is 9.37. The zero-order valence-corrected chi connectivity index (χ0v) is 24.3. The molecule has 11 nitrogen and oxygen atoms in total. The fourth-order valence-electron chi connectivity index (χ4n) is 8.92. The van der Waals surface area contributed by atoms with Crippen LogP contribution in [0.4, 0.5) is 0 Å². The van der Waals surface area contributed by atoms with Crippen LogP contribution in [0.25, 0.3) is 0 Å². The molecule has 0 radical (unpaired) electrons. The summed E-state index contributed by atoms with van der Waals surface area (Å²) in [5.74, 6) is -4.32. The zero-order chi connectivity index (χ0) is 30.5. The molecule has 2 N–H and O–H groups in total. The fourth-order valence-corrected chi connectivity index (χ4v) is 8.92. The highest BCUT2D eigenvalue weighted by atomic mass is 16.6. The van der Waals surface area contributed by atoms with Gasteiger partial charge in [0.15, 0.2) is 11.2 Å². The Hall–Kier alpha value is -3.28. The lowest BCUT2D eigenvalue weighted by Gasteiger charge is -2.74. The van der Waals surface area contributed by atoms with E-state index in [1.807, 2.05) is 0 Å². The highest BCUT2D eigenvalue weighted by molar-refractivity contribution is 5.91. The van der Waals surface area contributed by atoms with Gasteiger partial charge in [0, 0.05) is 20.3 Å². The van der Waals surface area contributed by atoms with Crippen LogP contribution in [0.1, 0.15) is 64.2 Å². The predicted molar refractivity (Wildman–Crippen MR) is 143 cm³/mol. The molecule has 0 aromatic heterocycles. The van der Waals surface area contributed by atoms with Crippen molar-refractivity contribution in [2.75, 3.05) is 13.2 Å². The molecule has 2 aliphatic heterocycles. The van der Waals surface area contributed by atoms with E-state index in [-0.39, 0.29) is 18.6 Å². The number of hydrogen-bond acceptors (Lipinski definition) is 11. The van der Waals surface area contributed by atoms with E-state index >= 15 is 0 Å². The Kier molecular flexibility index (Phi) is 6.25. The van der Waals surface area contributed by atoms with Crippen LogP contribution in [-0.2, 0) is 38.1 Å². The third-order valence-electron chi connectivity index (χ3n) is 10.6. The van der Waals surface area contributed by atoms with Gasteiger partial charge in [-0.3, -0.25) is 9.59 Å². The van der Waals surface area contributed by atoms with Gasteiger partial charge in [-0.15, -0.1) is 0 Å². The third-order valence-corrected chi connectivity index (χ3v) is 10.6. The maximum Gasteiger partial charge on any atom is 0.343 e. The van der Waals surface area contributed by atoms with Crippen molar-refractivity contribution in [1.82, 2.24) is 0 Å². The van der Waals surface area contributed by atoms with Crippen molar-refractivity contribution >= 4 is 23.9 Å². The molecule has 3 aliphatic carbocycles. The SMILES string of the molecule is CC(=O)OC[C@@]12[C@@H](O)C[C@H]3OC[C@]3(OC(C)=O)[C@@H]1[C@H](OC(=O)c1ccccc1)[C@]13CCC(C)=C1[C@@]2(O)C(=O)OC3(C)C. The Balaban J connectivity index is 1.69. The van der Waals surface area contributed by atoms with Gasteiger partial charge in [-0.25, -0.2) is 9.59 Å². The molecule has 1 aromatic rings. The summed E-state index contributed by atoms with van der Waals surface area (Å²) in [7, 11) is 0. The van der Waals surface area contributed by atoms with Crippen molar-refractivity contribution in [2.45, 2.75) is 89.0 Å². The van der Waals surface area contributed by atoms with Gasteiger partial charge in [0.25, 0.3) is 0 Å². The maximum absolute atomic E-state index is 14.2. The maximum atomic E-state index is 14.2. The monoisotopic (exact) mass is 584 g/mol. The lowest BCUT2D eigenvalue weighted by molar-refractivity contribution is -0.387. The Morgan fingerprint density at radius 1 is 1.10 bits per heavy atom. The molecule has 8 atom stereocenters. The zero-order valence-electron chi connectivity index (χ0n) is 24.3. The summed E-state index contributed by atoms with van der Waals surface area (Å²) < 4.78 is 29.9. The topological polar surface area (TPSA) is 155 Å². The van der Waals surface area contributed by atoms with Gasteiger partial charge in [0.05, 0.1) is 35.0 Å². The second-order valence-corrected chi connectivity index (χ2v) is 12.8. The minimum Gasteiger partial charge on any atom is -0.465 e. The highest BCUT2D eigenvalue weighted by Crippen LogP contribution is 2.75. The molecule has 2 heterocycles. The molecule has 0 unspecified atom stereocenters. The normalized spacial score (nSPS) is 40.9. The average Bonchev–Trinajstić information content (AvgIpc) is 3.29. The van der Waals surface area contributed by atoms with Gasteiger partial charge in [0.1, 0.15) is 24.4 Å². The first-order valence-corrected chi connectivity index (χ1v) is 14.2. The van der Waals surface area contributed by atoms with E-state index in [2.05, 4.69) is 0 Å². The van der Waals surface area contributed by atoms with Crippen molar-refractivity contribution in [3.63, 3.8) is 0 Å². The summed E-state index contributed by atoms with van der Waals surface area (Å²) in [6.45, 7) is 6.82. The van der Waals surface area contributed by atoms with Gasteiger partial charge >= 0.3 is 23.9 Å². The van der Waals surface area contributed by atoms with Gasteiger partial charge in [-0.2, -0.15) is 0 Å². The molecule has 0 amide bonds. The lowest BCUT2D eigenvalue weighted by Crippen LogP contribution is -2.89. The molecule has 2 saturated heterocycles. The standard InChI is InChI=1S/C31H36O11/c1-16-11-12-28-22(16)31(37,26(36)42-27(28,4)5)29(14-38-17(2)32)20(34)13-21-30(15-39-21,41-18(3)33)23(29)24(28)40-25(35)19-9-7-6-8-10-19/h6-10,20-21,23-24,34,37H,11-15H2,1-5H3/t20-,21+,23+,24-,28-,29+,30+,31+/m0/s1. The van der Waals surface area contributed by atoms with Gasteiger partial charge in [-0.05, 0) is 51.3 Å². The Labute approximate surface area is 243 Å². The Bertz CT molecular complexity index is 1400. The van der Waals surface area contributed by atoms with Crippen LogP contribution in [0.2, 0.25) is 0 Å². The van der Waals surface area contributed by atoms with Crippen molar-refractivity contribution in [2.24, 2.45) is 16.7 Å². The third kappa shape index (κ3) is 3.32. The van der Waals surface area contributed by atoms with Crippen LogP contribution in [0, 0.1) is 16.7 Å². The first kappa shape index (κ1) is 28.8. The van der Waals surface area contributed by atoms with Crippen molar-refractivity contribution in [3.05, 3.63) is 47.0 Å². The van der Waals surface area contributed by atoms with E-state index in [4.69, 9.17) is 23.7 Å². The number of ether oxygens (including phenoxy) is 5. The number of fused-ring (bicyclic) bond motifs is 4. The molecule has 5 aliphatic rings. The van der Waals surface area contributed by atoms with Crippen LogP contribution >= 0.6 is 0 Å². The van der Waals surface area contributed by atoms with E-state index in [9.17, 15) is 29.4 Å². The number of carbonyl (C=O) groups is 4. The van der Waals surface area contributed by atoms with Crippen molar-refractivity contribution in [3.8, 4) is 0 Å². The number of carbonyl (C=O) groups excluding carboxylic acids is 4. The average molecular weight is 585 g/mol. The van der Waals surface area contributed by atoms with E-state index in [1.165, 1.54) is 13.8 Å². The smallest absolute Gasteiger partial charge is 0.343 e. The van der Waals surface area contributed by atoms with Crippen LogP contribution in [-0.4, -0.2) is 82.4 Å². The number of aliphatic hydroxyl groups is 2. The number of rotatable bonds is 5.